The Morgan fingerprint density at radius 3 is 2.67 bits per heavy atom. The number of aryl methyl sites for hydroxylation is 1. The maximum atomic E-state index is 6.24. The van der Waals surface area contributed by atoms with Crippen molar-refractivity contribution in [3.63, 3.8) is 0 Å². The summed E-state index contributed by atoms with van der Waals surface area (Å²) in [5.41, 5.74) is 4.96. The largest absolute Gasteiger partial charge is 0.492 e. The summed E-state index contributed by atoms with van der Waals surface area (Å²) in [6, 6.07) is 12.2. The molecule has 1 N–H and O–H groups in total. The van der Waals surface area contributed by atoms with E-state index < -0.39 is 0 Å². The molecule has 0 heterocycles. The SMILES string of the molecule is CCCOc1ccc(NCc2cccc(C)c2C)cc1Cl. The van der Waals surface area contributed by atoms with E-state index in [9.17, 15) is 0 Å². The van der Waals surface area contributed by atoms with Crippen LogP contribution in [0.3, 0.4) is 0 Å². The van der Waals surface area contributed by atoms with Crippen molar-refractivity contribution >= 4 is 17.3 Å². The van der Waals surface area contributed by atoms with Crippen molar-refractivity contribution in [2.75, 3.05) is 11.9 Å². The Labute approximate surface area is 132 Å². The highest BCUT2D eigenvalue weighted by Crippen LogP contribution is 2.28. The van der Waals surface area contributed by atoms with Crippen LogP contribution in [-0.4, -0.2) is 6.61 Å². The topological polar surface area (TPSA) is 21.3 Å². The first-order chi connectivity index (χ1) is 10.1. The molecule has 0 spiro atoms. The monoisotopic (exact) mass is 303 g/mol. The van der Waals surface area contributed by atoms with Gasteiger partial charge < -0.3 is 10.1 Å². The van der Waals surface area contributed by atoms with E-state index in [0.717, 1.165) is 24.4 Å². The number of hydrogen-bond donors (Lipinski definition) is 1. The van der Waals surface area contributed by atoms with Gasteiger partial charge >= 0.3 is 0 Å². The van der Waals surface area contributed by atoms with Gasteiger partial charge in [-0.05, 0) is 55.2 Å². The van der Waals surface area contributed by atoms with Crippen LogP contribution >= 0.6 is 11.6 Å². The molecule has 0 fully saturated rings. The summed E-state index contributed by atoms with van der Waals surface area (Å²) >= 11 is 6.24. The van der Waals surface area contributed by atoms with Gasteiger partial charge in [0.25, 0.3) is 0 Å². The van der Waals surface area contributed by atoms with Gasteiger partial charge in [-0.15, -0.1) is 0 Å². The lowest BCUT2D eigenvalue weighted by atomic mass is 10.0. The Morgan fingerprint density at radius 2 is 1.95 bits per heavy atom. The average molecular weight is 304 g/mol. The predicted octanol–water partition coefficient (Wildman–Crippen LogP) is 5.36. The molecule has 0 unspecified atom stereocenters. The molecule has 0 atom stereocenters. The third-order valence-corrected chi connectivity index (χ3v) is 3.89. The van der Waals surface area contributed by atoms with E-state index in [1.807, 2.05) is 18.2 Å². The summed E-state index contributed by atoms with van der Waals surface area (Å²) in [4.78, 5) is 0. The Morgan fingerprint density at radius 1 is 1.14 bits per heavy atom. The molecule has 0 aromatic heterocycles. The van der Waals surface area contributed by atoms with E-state index >= 15 is 0 Å². The van der Waals surface area contributed by atoms with Crippen LogP contribution in [0.1, 0.15) is 30.0 Å². The maximum absolute atomic E-state index is 6.24. The van der Waals surface area contributed by atoms with Crippen LogP contribution in [0.15, 0.2) is 36.4 Å². The number of anilines is 1. The van der Waals surface area contributed by atoms with Gasteiger partial charge in [-0.1, -0.05) is 36.7 Å². The molecule has 0 radical (unpaired) electrons. The fraction of sp³-hybridized carbons (Fsp3) is 0.333. The van der Waals surface area contributed by atoms with Crippen LogP contribution in [0, 0.1) is 13.8 Å². The van der Waals surface area contributed by atoms with E-state index in [2.05, 4.69) is 44.3 Å². The highest BCUT2D eigenvalue weighted by molar-refractivity contribution is 6.32. The lowest BCUT2D eigenvalue weighted by molar-refractivity contribution is 0.317. The zero-order chi connectivity index (χ0) is 15.2. The van der Waals surface area contributed by atoms with Gasteiger partial charge in [0, 0.05) is 12.2 Å². The summed E-state index contributed by atoms with van der Waals surface area (Å²) in [7, 11) is 0. The fourth-order valence-corrected chi connectivity index (χ4v) is 2.38. The second-order valence-electron chi connectivity index (χ2n) is 5.21. The Kier molecular flexibility index (Phi) is 5.51. The van der Waals surface area contributed by atoms with Crippen molar-refractivity contribution in [1.29, 1.82) is 0 Å². The van der Waals surface area contributed by atoms with E-state index in [0.29, 0.717) is 11.6 Å². The van der Waals surface area contributed by atoms with Crippen molar-refractivity contribution in [2.24, 2.45) is 0 Å². The van der Waals surface area contributed by atoms with Crippen molar-refractivity contribution < 1.29 is 4.74 Å². The van der Waals surface area contributed by atoms with Gasteiger partial charge in [0.2, 0.25) is 0 Å². The van der Waals surface area contributed by atoms with E-state index in [4.69, 9.17) is 16.3 Å². The molecule has 21 heavy (non-hydrogen) atoms. The summed E-state index contributed by atoms with van der Waals surface area (Å²) in [5, 5.41) is 4.06. The Balaban J connectivity index is 2.03. The first kappa shape index (κ1) is 15.7. The van der Waals surface area contributed by atoms with Gasteiger partial charge in [0.05, 0.1) is 11.6 Å². The van der Waals surface area contributed by atoms with Gasteiger partial charge in [-0.3, -0.25) is 0 Å². The highest BCUT2D eigenvalue weighted by Gasteiger charge is 2.04. The number of nitrogens with one attached hydrogen (secondary N) is 1. The summed E-state index contributed by atoms with van der Waals surface area (Å²) < 4.78 is 5.58. The smallest absolute Gasteiger partial charge is 0.138 e. The second-order valence-corrected chi connectivity index (χ2v) is 5.61. The predicted molar refractivity (Wildman–Crippen MR) is 90.5 cm³/mol. The minimum atomic E-state index is 0.648. The average Bonchev–Trinajstić information content (AvgIpc) is 2.48. The number of benzene rings is 2. The molecule has 2 aromatic carbocycles. The van der Waals surface area contributed by atoms with Gasteiger partial charge in [-0.25, -0.2) is 0 Å². The summed E-state index contributed by atoms with van der Waals surface area (Å²) in [5.74, 6) is 0.746. The van der Waals surface area contributed by atoms with Crippen LogP contribution in [0.25, 0.3) is 0 Å². The molecule has 0 aliphatic rings. The zero-order valence-electron chi connectivity index (χ0n) is 12.9. The number of hydrogen-bond acceptors (Lipinski definition) is 2. The molecule has 0 saturated heterocycles. The van der Waals surface area contributed by atoms with Crippen LogP contribution in [0.4, 0.5) is 5.69 Å². The molecule has 2 aromatic rings. The molecular weight excluding hydrogens is 282 g/mol. The van der Waals surface area contributed by atoms with E-state index in [1.165, 1.54) is 16.7 Å². The normalized spacial score (nSPS) is 10.5. The molecule has 2 rings (SSSR count). The number of halogens is 1. The maximum Gasteiger partial charge on any atom is 0.138 e. The number of ether oxygens (including phenoxy) is 1. The fourth-order valence-electron chi connectivity index (χ4n) is 2.14. The first-order valence-electron chi connectivity index (χ1n) is 7.33. The quantitative estimate of drug-likeness (QED) is 0.776. The highest BCUT2D eigenvalue weighted by atomic mass is 35.5. The van der Waals surface area contributed by atoms with Crippen molar-refractivity contribution in [3.05, 3.63) is 58.1 Å². The first-order valence-corrected chi connectivity index (χ1v) is 7.71. The molecule has 2 nitrogen and oxygen atoms in total. The third-order valence-electron chi connectivity index (χ3n) is 3.59. The molecule has 0 saturated carbocycles. The number of rotatable bonds is 6. The molecule has 0 bridgehead atoms. The Bertz CT molecular complexity index is 610. The van der Waals surface area contributed by atoms with E-state index in [-0.39, 0.29) is 0 Å². The Hall–Kier alpha value is -1.67. The standard InChI is InChI=1S/C18H22ClNO/c1-4-10-21-18-9-8-16(11-17(18)19)20-12-15-7-5-6-13(2)14(15)3/h5-9,11,20H,4,10,12H2,1-3H3. The van der Waals surface area contributed by atoms with Crippen LogP contribution in [0.5, 0.6) is 5.75 Å². The minimum Gasteiger partial charge on any atom is -0.492 e. The minimum absolute atomic E-state index is 0.648. The third kappa shape index (κ3) is 4.15. The molecular formula is C18H22ClNO. The molecule has 0 aliphatic carbocycles. The molecule has 0 aliphatic heterocycles. The van der Waals surface area contributed by atoms with Crippen molar-refractivity contribution in [1.82, 2.24) is 0 Å². The molecule has 0 amide bonds. The van der Waals surface area contributed by atoms with Crippen LogP contribution in [-0.2, 0) is 6.54 Å². The zero-order valence-corrected chi connectivity index (χ0v) is 13.6. The molecule has 112 valence electrons. The summed E-state index contributed by atoms with van der Waals surface area (Å²) in [6.07, 6.45) is 0.975. The van der Waals surface area contributed by atoms with Crippen LogP contribution in [0.2, 0.25) is 5.02 Å². The summed E-state index contributed by atoms with van der Waals surface area (Å²) in [6.45, 7) is 7.85. The van der Waals surface area contributed by atoms with Crippen molar-refractivity contribution in [2.45, 2.75) is 33.7 Å². The van der Waals surface area contributed by atoms with E-state index in [1.54, 1.807) is 0 Å². The second kappa shape index (κ2) is 7.37. The lowest BCUT2D eigenvalue weighted by Gasteiger charge is -2.12. The molecule has 3 heteroatoms. The van der Waals surface area contributed by atoms with Gasteiger partial charge in [-0.2, -0.15) is 0 Å². The van der Waals surface area contributed by atoms with Gasteiger partial charge in [0.15, 0.2) is 0 Å². The van der Waals surface area contributed by atoms with Crippen molar-refractivity contribution in [3.8, 4) is 5.75 Å². The lowest BCUT2D eigenvalue weighted by Crippen LogP contribution is -2.02. The van der Waals surface area contributed by atoms with Gasteiger partial charge in [0.1, 0.15) is 5.75 Å². The van der Waals surface area contributed by atoms with Crippen LogP contribution < -0.4 is 10.1 Å².